The van der Waals surface area contributed by atoms with Gasteiger partial charge >= 0.3 is 5.97 Å². The van der Waals surface area contributed by atoms with E-state index in [1.54, 1.807) is 13.2 Å². The number of piperidine rings is 1. The van der Waals surface area contributed by atoms with Gasteiger partial charge in [0.1, 0.15) is 5.75 Å². The summed E-state index contributed by atoms with van der Waals surface area (Å²) in [6.07, 6.45) is 6.56. The van der Waals surface area contributed by atoms with E-state index in [9.17, 15) is 4.79 Å². The van der Waals surface area contributed by atoms with Crippen molar-refractivity contribution in [3.63, 3.8) is 0 Å². The summed E-state index contributed by atoms with van der Waals surface area (Å²) in [5.41, 5.74) is 2.00. The first kappa shape index (κ1) is 15.6. The molecule has 21 heavy (non-hydrogen) atoms. The number of methoxy groups -OCH3 is 1. The highest BCUT2D eigenvalue weighted by atomic mass is 16.5. The van der Waals surface area contributed by atoms with Crippen molar-refractivity contribution in [2.45, 2.75) is 38.8 Å². The lowest BCUT2D eigenvalue weighted by Crippen LogP contribution is -2.36. The number of rotatable bonds is 5. The standard InChI is InChI=1S/C17H23NO3/c1-13-5-3-4-10-18(13)12-15-11-14(7-9-17(19)20)6-8-16(15)21-2/h6-9,11,13H,3-5,10,12H2,1-2H3,(H,19,20)/b9-7+/t13-/m1/s1. The molecule has 1 atom stereocenters. The van der Waals surface area contributed by atoms with Gasteiger partial charge in [-0.1, -0.05) is 12.5 Å². The molecule has 4 nitrogen and oxygen atoms in total. The number of carboxylic acids is 1. The fourth-order valence-electron chi connectivity index (χ4n) is 2.80. The van der Waals surface area contributed by atoms with Gasteiger partial charge in [0, 0.05) is 24.2 Å². The smallest absolute Gasteiger partial charge is 0.328 e. The van der Waals surface area contributed by atoms with Crippen LogP contribution in [0.4, 0.5) is 0 Å². The Bertz CT molecular complexity index is 525. The van der Waals surface area contributed by atoms with Gasteiger partial charge < -0.3 is 9.84 Å². The molecule has 2 rings (SSSR count). The summed E-state index contributed by atoms with van der Waals surface area (Å²) in [5, 5.41) is 8.72. The van der Waals surface area contributed by atoms with Crippen LogP contribution >= 0.6 is 0 Å². The number of aliphatic carboxylic acids is 1. The molecule has 0 radical (unpaired) electrons. The van der Waals surface area contributed by atoms with Crippen molar-refractivity contribution in [3.05, 3.63) is 35.4 Å². The molecule has 1 N–H and O–H groups in total. The summed E-state index contributed by atoms with van der Waals surface area (Å²) in [6.45, 7) is 4.22. The minimum atomic E-state index is -0.933. The normalized spacial score (nSPS) is 19.8. The first-order valence-corrected chi connectivity index (χ1v) is 7.42. The van der Waals surface area contributed by atoms with Gasteiger partial charge in [-0.25, -0.2) is 4.79 Å². The van der Waals surface area contributed by atoms with Crippen molar-refractivity contribution in [1.29, 1.82) is 0 Å². The van der Waals surface area contributed by atoms with Crippen molar-refractivity contribution in [2.75, 3.05) is 13.7 Å². The number of likely N-dealkylation sites (tertiary alicyclic amines) is 1. The molecular formula is C17H23NO3. The summed E-state index contributed by atoms with van der Waals surface area (Å²) in [5.74, 6) is -0.0720. The topological polar surface area (TPSA) is 49.8 Å². The predicted molar refractivity (Wildman–Crippen MR) is 83.4 cm³/mol. The average Bonchev–Trinajstić information content (AvgIpc) is 2.47. The quantitative estimate of drug-likeness (QED) is 0.846. The van der Waals surface area contributed by atoms with E-state index in [1.165, 1.54) is 19.3 Å². The van der Waals surface area contributed by atoms with Gasteiger partial charge in [-0.05, 0) is 50.1 Å². The third kappa shape index (κ3) is 4.33. The van der Waals surface area contributed by atoms with E-state index in [0.717, 1.165) is 36.0 Å². The van der Waals surface area contributed by atoms with E-state index >= 15 is 0 Å². The molecule has 0 unspecified atom stereocenters. The molecular weight excluding hydrogens is 266 g/mol. The minimum Gasteiger partial charge on any atom is -0.496 e. The first-order chi connectivity index (χ1) is 10.1. The highest BCUT2D eigenvalue weighted by Crippen LogP contribution is 2.25. The summed E-state index contributed by atoms with van der Waals surface area (Å²) in [4.78, 5) is 13.1. The van der Waals surface area contributed by atoms with Gasteiger partial charge in [0.2, 0.25) is 0 Å². The van der Waals surface area contributed by atoms with Crippen LogP contribution in [0.5, 0.6) is 5.75 Å². The van der Waals surface area contributed by atoms with Crippen LogP contribution in [-0.4, -0.2) is 35.7 Å². The van der Waals surface area contributed by atoms with E-state index in [1.807, 2.05) is 18.2 Å². The van der Waals surface area contributed by atoms with Crippen molar-refractivity contribution in [1.82, 2.24) is 4.90 Å². The number of carbonyl (C=O) groups is 1. The highest BCUT2D eigenvalue weighted by Gasteiger charge is 2.19. The molecule has 1 aromatic carbocycles. The van der Waals surface area contributed by atoms with Gasteiger partial charge in [-0.3, -0.25) is 4.90 Å². The number of hydrogen-bond acceptors (Lipinski definition) is 3. The number of ether oxygens (including phenoxy) is 1. The molecule has 0 bridgehead atoms. The Morgan fingerprint density at radius 2 is 2.29 bits per heavy atom. The summed E-state index contributed by atoms with van der Waals surface area (Å²) < 4.78 is 5.44. The van der Waals surface area contributed by atoms with Crippen molar-refractivity contribution in [3.8, 4) is 5.75 Å². The summed E-state index contributed by atoms with van der Waals surface area (Å²) in [7, 11) is 1.67. The zero-order valence-corrected chi connectivity index (χ0v) is 12.7. The second-order valence-corrected chi connectivity index (χ2v) is 5.56. The zero-order valence-electron chi connectivity index (χ0n) is 12.7. The maximum Gasteiger partial charge on any atom is 0.328 e. The molecule has 1 aliphatic heterocycles. The SMILES string of the molecule is COc1ccc(/C=C/C(=O)O)cc1CN1CCCC[C@H]1C. The van der Waals surface area contributed by atoms with Gasteiger partial charge in [0.05, 0.1) is 7.11 Å². The summed E-state index contributed by atoms with van der Waals surface area (Å²) >= 11 is 0. The molecule has 0 amide bonds. The molecule has 1 heterocycles. The third-order valence-corrected chi connectivity index (χ3v) is 4.04. The second-order valence-electron chi connectivity index (χ2n) is 5.56. The predicted octanol–water partition coefficient (Wildman–Crippen LogP) is 3.17. The molecule has 0 saturated carbocycles. The Labute approximate surface area is 126 Å². The third-order valence-electron chi connectivity index (χ3n) is 4.04. The number of hydrogen-bond donors (Lipinski definition) is 1. The van der Waals surface area contributed by atoms with E-state index in [2.05, 4.69) is 11.8 Å². The molecule has 114 valence electrons. The second kappa shape index (κ2) is 7.27. The minimum absolute atomic E-state index is 0.585. The molecule has 0 aromatic heterocycles. The van der Waals surface area contributed by atoms with Gasteiger partial charge in [-0.2, -0.15) is 0 Å². The monoisotopic (exact) mass is 289 g/mol. The maximum atomic E-state index is 10.6. The molecule has 1 saturated heterocycles. The molecule has 0 spiro atoms. The largest absolute Gasteiger partial charge is 0.496 e. The van der Waals surface area contributed by atoms with Crippen molar-refractivity contribution >= 4 is 12.0 Å². The Morgan fingerprint density at radius 3 is 2.95 bits per heavy atom. The average molecular weight is 289 g/mol. The van der Waals surface area contributed by atoms with E-state index in [4.69, 9.17) is 9.84 Å². The van der Waals surface area contributed by atoms with Crippen LogP contribution in [0.2, 0.25) is 0 Å². The van der Waals surface area contributed by atoms with Crippen LogP contribution in [0.15, 0.2) is 24.3 Å². The number of nitrogens with zero attached hydrogens (tertiary/aromatic N) is 1. The van der Waals surface area contributed by atoms with Crippen molar-refractivity contribution in [2.24, 2.45) is 0 Å². The van der Waals surface area contributed by atoms with Crippen LogP contribution in [0.3, 0.4) is 0 Å². The van der Waals surface area contributed by atoms with E-state index in [0.29, 0.717) is 6.04 Å². The molecule has 1 aliphatic rings. The number of benzene rings is 1. The first-order valence-electron chi connectivity index (χ1n) is 7.42. The number of carboxylic acid groups (broad SMARTS) is 1. The summed E-state index contributed by atoms with van der Waals surface area (Å²) in [6, 6.07) is 6.38. The van der Waals surface area contributed by atoms with Crippen LogP contribution < -0.4 is 4.74 Å². The molecule has 1 aromatic rings. The molecule has 1 fully saturated rings. The van der Waals surface area contributed by atoms with Crippen LogP contribution in [0.1, 0.15) is 37.3 Å². The highest BCUT2D eigenvalue weighted by molar-refractivity contribution is 5.85. The lowest BCUT2D eigenvalue weighted by molar-refractivity contribution is -0.131. The fourth-order valence-corrected chi connectivity index (χ4v) is 2.80. The van der Waals surface area contributed by atoms with Gasteiger partial charge in [0.25, 0.3) is 0 Å². The van der Waals surface area contributed by atoms with Crippen LogP contribution in [0.25, 0.3) is 6.08 Å². The van der Waals surface area contributed by atoms with Crippen LogP contribution in [0, 0.1) is 0 Å². The lowest BCUT2D eigenvalue weighted by Gasteiger charge is -2.33. The zero-order chi connectivity index (χ0) is 15.2. The van der Waals surface area contributed by atoms with E-state index < -0.39 is 5.97 Å². The maximum absolute atomic E-state index is 10.6. The molecule has 4 heteroatoms. The lowest BCUT2D eigenvalue weighted by atomic mass is 10.0. The van der Waals surface area contributed by atoms with Gasteiger partial charge in [-0.15, -0.1) is 0 Å². The Balaban J connectivity index is 2.19. The Morgan fingerprint density at radius 1 is 1.48 bits per heavy atom. The Kier molecular flexibility index (Phi) is 5.39. The van der Waals surface area contributed by atoms with Crippen LogP contribution in [-0.2, 0) is 11.3 Å². The van der Waals surface area contributed by atoms with Crippen molar-refractivity contribution < 1.29 is 14.6 Å². The van der Waals surface area contributed by atoms with Gasteiger partial charge in [0.15, 0.2) is 0 Å². The van der Waals surface area contributed by atoms with E-state index in [-0.39, 0.29) is 0 Å². The Hall–Kier alpha value is -1.81. The molecule has 0 aliphatic carbocycles. The fraction of sp³-hybridized carbons (Fsp3) is 0.471.